The van der Waals surface area contributed by atoms with Crippen LogP contribution < -0.4 is 10.1 Å². The van der Waals surface area contributed by atoms with Crippen LogP contribution in [0.3, 0.4) is 0 Å². The Labute approximate surface area is 256 Å². The van der Waals surface area contributed by atoms with Crippen LogP contribution in [-0.2, 0) is 36.4 Å². The van der Waals surface area contributed by atoms with E-state index >= 15 is 0 Å². The molecule has 3 aromatic rings. The zero-order valence-electron chi connectivity index (χ0n) is 24.7. The summed E-state index contributed by atoms with van der Waals surface area (Å²) < 4.78 is 23.6. The summed E-state index contributed by atoms with van der Waals surface area (Å²) in [7, 11) is 3.38. The molecule has 228 valence electrons. The third kappa shape index (κ3) is 6.15. The lowest BCUT2D eigenvalue weighted by molar-refractivity contribution is -0.151. The van der Waals surface area contributed by atoms with Gasteiger partial charge in [0.1, 0.15) is 29.7 Å². The van der Waals surface area contributed by atoms with Crippen LogP contribution in [0.1, 0.15) is 60.1 Å². The highest BCUT2D eigenvalue weighted by molar-refractivity contribution is 6.37. The van der Waals surface area contributed by atoms with Crippen molar-refractivity contribution in [2.24, 2.45) is 13.0 Å². The third-order valence-corrected chi connectivity index (χ3v) is 8.96. The van der Waals surface area contributed by atoms with Crippen molar-refractivity contribution in [3.63, 3.8) is 0 Å². The minimum Gasteiger partial charge on any atom is -0.495 e. The van der Waals surface area contributed by atoms with Gasteiger partial charge in [0.15, 0.2) is 0 Å². The average Bonchev–Trinajstić information content (AvgIpc) is 3.32. The molecule has 2 fully saturated rings. The Hall–Kier alpha value is -3.82. The molecule has 1 saturated carbocycles. The number of rotatable bonds is 10. The summed E-state index contributed by atoms with van der Waals surface area (Å²) in [6.07, 6.45) is 4.31. The van der Waals surface area contributed by atoms with Gasteiger partial charge in [0.05, 0.1) is 36.8 Å². The van der Waals surface area contributed by atoms with Crippen LogP contribution in [0.25, 0.3) is 10.9 Å². The zero-order chi connectivity index (χ0) is 30.7. The first-order valence-electron chi connectivity index (χ1n) is 14.4. The quantitative estimate of drug-likeness (QED) is 0.242. The second-order valence-electron chi connectivity index (χ2n) is 11.3. The number of hydrogen-bond donors (Lipinski definition) is 1. The van der Waals surface area contributed by atoms with E-state index in [1.54, 1.807) is 25.3 Å². The van der Waals surface area contributed by atoms with Gasteiger partial charge in [-0.05, 0) is 60.9 Å². The highest BCUT2D eigenvalue weighted by Crippen LogP contribution is 2.40. The molecule has 43 heavy (non-hydrogen) atoms. The van der Waals surface area contributed by atoms with Gasteiger partial charge in [0.2, 0.25) is 0 Å². The van der Waals surface area contributed by atoms with Crippen molar-refractivity contribution in [3.05, 3.63) is 77.0 Å². The number of aryl methyl sites for hydroxylation is 1. The molecule has 5 rings (SSSR count). The first-order valence-corrected chi connectivity index (χ1v) is 14.8. The van der Waals surface area contributed by atoms with Gasteiger partial charge >= 0.3 is 11.9 Å². The van der Waals surface area contributed by atoms with E-state index in [1.165, 1.54) is 6.92 Å². The second kappa shape index (κ2) is 12.8. The van der Waals surface area contributed by atoms with E-state index in [0.29, 0.717) is 42.5 Å². The fourth-order valence-corrected chi connectivity index (χ4v) is 6.54. The summed E-state index contributed by atoms with van der Waals surface area (Å²) in [4.78, 5) is 38.2. The number of carbonyl (C=O) groups excluding carboxylic acids is 3. The Bertz CT molecular complexity index is 1520. The lowest BCUT2D eigenvalue weighted by Gasteiger charge is -2.42. The van der Waals surface area contributed by atoms with Gasteiger partial charge < -0.3 is 28.8 Å². The fourth-order valence-electron chi connectivity index (χ4n) is 6.25. The summed E-state index contributed by atoms with van der Waals surface area (Å²) in [6.45, 7) is 5.85. The second-order valence-corrected chi connectivity index (χ2v) is 11.7. The van der Waals surface area contributed by atoms with Crippen LogP contribution >= 0.6 is 11.6 Å². The first kappa shape index (κ1) is 30.6. The van der Waals surface area contributed by atoms with Gasteiger partial charge in [-0.3, -0.25) is 14.4 Å². The number of nitrogens with zero attached hydrogens (tertiary/aromatic N) is 1. The molecule has 10 heteroatoms. The summed E-state index contributed by atoms with van der Waals surface area (Å²) in [5, 5.41) is 4.37. The van der Waals surface area contributed by atoms with E-state index in [0.717, 1.165) is 34.9 Å². The molecule has 1 aromatic heterocycles. The molecule has 0 bridgehead atoms. The van der Waals surface area contributed by atoms with Crippen LogP contribution in [0.4, 0.5) is 0 Å². The third-order valence-electron chi connectivity index (χ3n) is 8.57. The van der Waals surface area contributed by atoms with Crippen LogP contribution in [-0.4, -0.2) is 55.4 Å². The molecular formula is C33H37ClN2O7. The number of methoxy groups -OCH3 is 1. The van der Waals surface area contributed by atoms with Crippen molar-refractivity contribution >= 4 is 40.3 Å². The summed E-state index contributed by atoms with van der Waals surface area (Å²) in [5.41, 5.74) is 2.28. The Kier molecular flexibility index (Phi) is 9.13. The molecule has 2 aromatic carbocycles. The van der Waals surface area contributed by atoms with Gasteiger partial charge in [0, 0.05) is 19.4 Å². The van der Waals surface area contributed by atoms with Crippen LogP contribution in [0, 0.1) is 5.92 Å². The van der Waals surface area contributed by atoms with Gasteiger partial charge in [-0.1, -0.05) is 48.5 Å². The minimum atomic E-state index is -0.714. The van der Waals surface area contributed by atoms with Gasteiger partial charge in [-0.15, -0.1) is 0 Å². The number of nitrogens with one attached hydrogen (secondary N) is 1. The maximum absolute atomic E-state index is 13.6. The normalized spacial score (nSPS) is 20.0. The predicted molar refractivity (Wildman–Crippen MR) is 162 cm³/mol. The van der Waals surface area contributed by atoms with Crippen LogP contribution in [0.5, 0.6) is 5.75 Å². The lowest BCUT2D eigenvalue weighted by Crippen LogP contribution is -2.59. The molecule has 0 spiro atoms. The minimum absolute atomic E-state index is 0.0487. The number of carbonyl (C=O) groups is 3. The fraction of sp³-hybridized carbons (Fsp3) is 0.424. The number of ether oxygens (including phenoxy) is 4. The monoisotopic (exact) mass is 608 g/mol. The van der Waals surface area contributed by atoms with Gasteiger partial charge in [-0.25, -0.2) is 0 Å². The molecule has 1 N–H and O–H groups in total. The number of fused-ring (bicyclic) bond motifs is 1. The van der Waals surface area contributed by atoms with Gasteiger partial charge in [0.25, 0.3) is 5.91 Å². The Balaban J connectivity index is 1.36. The number of benzene rings is 2. The lowest BCUT2D eigenvalue weighted by atomic mass is 9.75. The number of halogens is 1. The van der Waals surface area contributed by atoms with Crippen molar-refractivity contribution in [3.8, 4) is 5.75 Å². The molecule has 2 aliphatic rings. The molecule has 0 radical (unpaired) electrons. The molecule has 9 nitrogen and oxygen atoms in total. The largest absolute Gasteiger partial charge is 0.495 e. The summed E-state index contributed by atoms with van der Waals surface area (Å²) in [6, 6.07) is 13.2. The SMILES string of the molecule is C=CCOC(=O)C(c1ccc(C2(NC(=O)c3cc4c(Cl)c(OC)ccc4n3C)COC2)cc1)C1CCC(OC(C)=O)CC1. The standard InChI is InChI=1S/C33H37ClN2O7/c1-5-16-42-32(39)29(22-8-12-24(13-9-22)43-20(2)37)21-6-10-23(11-7-21)33(18-41-19-33)35-31(38)27-17-25-26(36(27)3)14-15-28(40-4)30(25)34/h5-7,10-11,14-15,17,22,24,29H,1,8-9,12-13,16,18-19H2,2-4H3,(H,35,38). The van der Waals surface area contributed by atoms with Crippen LogP contribution in [0.15, 0.2) is 55.1 Å². The Morgan fingerprint density at radius 1 is 1.14 bits per heavy atom. The predicted octanol–water partition coefficient (Wildman–Crippen LogP) is 5.43. The summed E-state index contributed by atoms with van der Waals surface area (Å²) >= 11 is 6.53. The van der Waals surface area contributed by atoms with Crippen molar-refractivity contribution < 1.29 is 33.3 Å². The number of aromatic nitrogens is 1. The average molecular weight is 609 g/mol. The van der Waals surface area contributed by atoms with Crippen LogP contribution in [0.2, 0.25) is 5.02 Å². The Morgan fingerprint density at radius 3 is 2.42 bits per heavy atom. The van der Waals surface area contributed by atoms with Crippen molar-refractivity contribution in [1.82, 2.24) is 9.88 Å². The van der Waals surface area contributed by atoms with Crippen molar-refractivity contribution in [2.75, 3.05) is 26.9 Å². The zero-order valence-corrected chi connectivity index (χ0v) is 25.4. The van der Waals surface area contributed by atoms with E-state index in [-0.39, 0.29) is 36.5 Å². The molecule has 1 aliphatic carbocycles. The molecule has 1 unspecified atom stereocenters. The van der Waals surface area contributed by atoms with Crippen molar-refractivity contribution in [2.45, 2.75) is 50.2 Å². The number of hydrogen-bond acceptors (Lipinski definition) is 7. The highest BCUT2D eigenvalue weighted by atomic mass is 35.5. The first-order chi connectivity index (χ1) is 20.7. The summed E-state index contributed by atoms with van der Waals surface area (Å²) in [5.74, 6) is -0.715. The van der Waals surface area contributed by atoms with E-state index in [4.69, 9.17) is 30.5 Å². The van der Waals surface area contributed by atoms with Gasteiger partial charge in [-0.2, -0.15) is 0 Å². The maximum atomic E-state index is 13.6. The van der Waals surface area contributed by atoms with E-state index in [9.17, 15) is 14.4 Å². The topological polar surface area (TPSA) is 105 Å². The molecule has 1 aliphatic heterocycles. The molecule has 1 atom stereocenters. The van der Waals surface area contributed by atoms with E-state index in [2.05, 4.69) is 11.9 Å². The molecule has 2 heterocycles. The molecular weight excluding hydrogens is 572 g/mol. The smallest absolute Gasteiger partial charge is 0.314 e. The maximum Gasteiger partial charge on any atom is 0.314 e. The van der Waals surface area contributed by atoms with Crippen molar-refractivity contribution in [1.29, 1.82) is 0 Å². The van der Waals surface area contributed by atoms with E-state index < -0.39 is 11.5 Å². The highest BCUT2D eigenvalue weighted by Gasteiger charge is 2.43. The molecule has 1 saturated heterocycles. The number of esters is 2. The number of amides is 1. The Morgan fingerprint density at radius 2 is 1.84 bits per heavy atom. The van der Waals surface area contributed by atoms with E-state index in [1.807, 2.05) is 41.9 Å². The molecule has 1 amide bonds.